The largest absolute Gasteiger partial charge is 0.339 e. The zero-order valence-electron chi connectivity index (χ0n) is 16.7. The van der Waals surface area contributed by atoms with E-state index in [2.05, 4.69) is 6.92 Å². The zero-order chi connectivity index (χ0) is 19.1. The second-order valence-electron chi connectivity index (χ2n) is 8.12. The molecule has 1 unspecified atom stereocenters. The van der Waals surface area contributed by atoms with Crippen molar-refractivity contribution >= 4 is 11.8 Å². The zero-order valence-corrected chi connectivity index (χ0v) is 16.7. The van der Waals surface area contributed by atoms with Gasteiger partial charge in [0.25, 0.3) is 0 Å². The number of hydrogen-bond acceptors (Lipinski definition) is 2. The second kappa shape index (κ2) is 9.91. The minimum absolute atomic E-state index is 0.0697. The summed E-state index contributed by atoms with van der Waals surface area (Å²) in [5, 5.41) is 0. The van der Waals surface area contributed by atoms with Crippen molar-refractivity contribution in [1.29, 1.82) is 0 Å². The van der Waals surface area contributed by atoms with Gasteiger partial charge in [-0.2, -0.15) is 0 Å². The molecule has 1 saturated heterocycles. The van der Waals surface area contributed by atoms with E-state index in [1.807, 2.05) is 40.1 Å². The fourth-order valence-corrected chi connectivity index (χ4v) is 4.60. The number of rotatable bonds is 6. The average molecular weight is 371 g/mol. The molecule has 1 heterocycles. The van der Waals surface area contributed by atoms with Gasteiger partial charge in [-0.05, 0) is 24.3 Å². The molecule has 4 heteroatoms. The molecule has 1 saturated carbocycles. The van der Waals surface area contributed by atoms with Gasteiger partial charge in [0.1, 0.15) is 0 Å². The Morgan fingerprint density at radius 2 is 1.59 bits per heavy atom. The molecule has 0 radical (unpaired) electrons. The molecule has 148 valence electrons. The van der Waals surface area contributed by atoms with E-state index in [0.29, 0.717) is 32.6 Å². The van der Waals surface area contributed by atoms with E-state index in [0.717, 1.165) is 24.3 Å². The third-order valence-corrected chi connectivity index (χ3v) is 6.34. The quantitative estimate of drug-likeness (QED) is 0.752. The monoisotopic (exact) mass is 370 g/mol. The second-order valence-corrected chi connectivity index (χ2v) is 8.12. The summed E-state index contributed by atoms with van der Waals surface area (Å²) in [6.07, 6.45) is 9.16. The van der Waals surface area contributed by atoms with E-state index >= 15 is 0 Å². The van der Waals surface area contributed by atoms with Crippen LogP contribution in [0, 0.1) is 5.92 Å². The molecule has 2 aliphatic rings. The van der Waals surface area contributed by atoms with Gasteiger partial charge < -0.3 is 9.80 Å². The molecule has 0 N–H and O–H groups in total. The number of nitrogens with zero attached hydrogens (tertiary/aromatic N) is 2. The molecular weight excluding hydrogens is 336 g/mol. The third kappa shape index (κ3) is 5.33. The minimum atomic E-state index is -0.0697. The first-order chi connectivity index (χ1) is 13.2. The molecule has 2 amide bonds. The standard InChI is InChI=1S/C23H34N2O2/c1-2-21(20-11-7-4-8-12-20)23(27)25-17-15-24(16-18-25)22(26)14-13-19-9-5-3-6-10-19/h4,7-8,11-12,19,21H,2-3,5-6,9-10,13-18H2,1H3. The molecule has 1 aliphatic carbocycles. The number of piperazine rings is 1. The Kier molecular flexibility index (Phi) is 7.31. The topological polar surface area (TPSA) is 40.6 Å². The molecule has 1 aromatic rings. The lowest BCUT2D eigenvalue weighted by molar-refractivity contribution is -0.140. The van der Waals surface area contributed by atoms with Crippen LogP contribution in [0.15, 0.2) is 30.3 Å². The third-order valence-electron chi connectivity index (χ3n) is 6.34. The van der Waals surface area contributed by atoms with Crippen LogP contribution in [-0.2, 0) is 9.59 Å². The summed E-state index contributed by atoms with van der Waals surface area (Å²) in [5.41, 5.74) is 1.09. The fraction of sp³-hybridized carbons (Fsp3) is 0.652. The van der Waals surface area contributed by atoms with Gasteiger partial charge in [-0.3, -0.25) is 9.59 Å². The maximum absolute atomic E-state index is 13.0. The minimum Gasteiger partial charge on any atom is -0.339 e. The number of carbonyl (C=O) groups is 2. The Labute approximate surface area is 163 Å². The summed E-state index contributed by atoms with van der Waals surface area (Å²) < 4.78 is 0. The summed E-state index contributed by atoms with van der Waals surface area (Å²) in [6.45, 7) is 4.76. The highest BCUT2D eigenvalue weighted by molar-refractivity contribution is 5.84. The smallest absolute Gasteiger partial charge is 0.230 e. The lowest BCUT2D eigenvalue weighted by atomic mass is 9.86. The van der Waals surface area contributed by atoms with Crippen molar-refractivity contribution in [2.45, 2.75) is 64.2 Å². The lowest BCUT2D eigenvalue weighted by Gasteiger charge is -2.36. The summed E-state index contributed by atoms with van der Waals surface area (Å²) >= 11 is 0. The summed E-state index contributed by atoms with van der Waals surface area (Å²) in [5.74, 6) is 1.17. The number of amides is 2. The van der Waals surface area contributed by atoms with Crippen LogP contribution in [0.25, 0.3) is 0 Å². The molecule has 0 spiro atoms. The van der Waals surface area contributed by atoms with Gasteiger partial charge in [0.2, 0.25) is 11.8 Å². The Morgan fingerprint density at radius 1 is 0.963 bits per heavy atom. The molecule has 0 aromatic heterocycles. The highest BCUT2D eigenvalue weighted by Gasteiger charge is 2.29. The van der Waals surface area contributed by atoms with Crippen molar-refractivity contribution in [3.63, 3.8) is 0 Å². The Bertz CT molecular complexity index is 602. The summed E-state index contributed by atoms with van der Waals surface area (Å²) in [7, 11) is 0. The van der Waals surface area contributed by atoms with Crippen molar-refractivity contribution in [2.75, 3.05) is 26.2 Å². The van der Waals surface area contributed by atoms with E-state index < -0.39 is 0 Å². The van der Waals surface area contributed by atoms with Crippen molar-refractivity contribution in [3.05, 3.63) is 35.9 Å². The predicted molar refractivity (Wildman–Crippen MR) is 108 cm³/mol. The van der Waals surface area contributed by atoms with Gasteiger partial charge >= 0.3 is 0 Å². The van der Waals surface area contributed by atoms with Crippen molar-refractivity contribution < 1.29 is 9.59 Å². The normalized spacial score (nSPS) is 19.7. The van der Waals surface area contributed by atoms with Crippen LogP contribution in [0.1, 0.15) is 69.8 Å². The van der Waals surface area contributed by atoms with Crippen LogP contribution < -0.4 is 0 Å². The Balaban J connectivity index is 1.46. The van der Waals surface area contributed by atoms with Crippen LogP contribution in [-0.4, -0.2) is 47.8 Å². The number of benzene rings is 1. The van der Waals surface area contributed by atoms with Gasteiger partial charge in [-0.1, -0.05) is 69.4 Å². The lowest BCUT2D eigenvalue weighted by Crippen LogP contribution is -2.51. The van der Waals surface area contributed by atoms with Gasteiger partial charge in [0.05, 0.1) is 5.92 Å². The van der Waals surface area contributed by atoms with Crippen molar-refractivity contribution in [1.82, 2.24) is 9.80 Å². The molecule has 1 atom stereocenters. The highest BCUT2D eigenvalue weighted by Crippen LogP contribution is 2.28. The van der Waals surface area contributed by atoms with E-state index in [-0.39, 0.29) is 17.7 Å². The molecule has 1 aliphatic heterocycles. The number of hydrogen-bond donors (Lipinski definition) is 0. The first-order valence-corrected chi connectivity index (χ1v) is 10.8. The maximum Gasteiger partial charge on any atom is 0.230 e. The van der Waals surface area contributed by atoms with Gasteiger partial charge in [-0.15, -0.1) is 0 Å². The number of carbonyl (C=O) groups excluding carboxylic acids is 2. The molecule has 3 rings (SSSR count). The van der Waals surface area contributed by atoms with Crippen molar-refractivity contribution in [2.24, 2.45) is 5.92 Å². The van der Waals surface area contributed by atoms with Gasteiger partial charge in [0, 0.05) is 32.6 Å². The van der Waals surface area contributed by atoms with Crippen LogP contribution in [0.4, 0.5) is 0 Å². The summed E-state index contributed by atoms with van der Waals surface area (Å²) in [6, 6.07) is 10.1. The molecule has 1 aromatic carbocycles. The molecule has 0 bridgehead atoms. The maximum atomic E-state index is 13.0. The molecular formula is C23H34N2O2. The molecule has 2 fully saturated rings. The van der Waals surface area contributed by atoms with Crippen LogP contribution >= 0.6 is 0 Å². The van der Waals surface area contributed by atoms with Gasteiger partial charge in [-0.25, -0.2) is 0 Å². The van der Waals surface area contributed by atoms with E-state index in [1.54, 1.807) is 0 Å². The predicted octanol–water partition coefficient (Wildman–Crippen LogP) is 4.21. The highest BCUT2D eigenvalue weighted by atomic mass is 16.2. The average Bonchev–Trinajstić information content (AvgIpc) is 2.74. The van der Waals surface area contributed by atoms with E-state index in [9.17, 15) is 9.59 Å². The summed E-state index contributed by atoms with van der Waals surface area (Å²) in [4.78, 5) is 29.4. The molecule has 4 nitrogen and oxygen atoms in total. The van der Waals surface area contributed by atoms with Crippen LogP contribution in [0.3, 0.4) is 0 Å². The van der Waals surface area contributed by atoms with Gasteiger partial charge in [0.15, 0.2) is 0 Å². The first-order valence-electron chi connectivity index (χ1n) is 10.8. The Hall–Kier alpha value is -1.84. The first kappa shape index (κ1) is 19.9. The van der Waals surface area contributed by atoms with E-state index in [1.165, 1.54) is 32.1 Å². The van der Waals surface area contributed by atoms with Crippen LogP contribution in [0.5, 0.6) is 0 Å². The Morgan fingerprint density at radius 3 is 2.22 bits per heavy atom. The SMILES string of the molecule is CCC(C(=O)N1CCN(C(=O)CCC2CCCCC2)CC1)c1ccccc1. The van der Waals surface area contributed by atoms with Crippen molar-refractivity contribution in [3.8, 4) is 0 Å². The fourth-order valence-electron chi connectivity index (χ4n) is 4.60. The van der Waals surface area contributed by atoms with E-state index in [4.69, 9.17) is 0 Å². The van der Waals surface area contributed by atoms with Crippen LogP contribution in [0.2, 0.25) is 0 Å². The molecule has 27 heavy (non-hydrogen) atoms.